The van der Waals surface area contributed by atoms with Gasteiger partial charge >= 0.3 is 0 Å². The Kier molecular flexibility index (Phi) is 22.9. The molecule has 5 atom stereocenters. The third-order valence-corrected chi connectivity index (χ3v) is 14.0. The molecule has 1 aromatic rings. The zero-order chi connectivity index (χ0) is 38.9. The van der Waals surface area contributed by atoms with E-state index in [0.717, 1.165) is 79.9 Å². The Hall–Kier alpha value is -1.12. The summed E-state index contributed by atoms with van der Waals surface area (Å²) in [6.45, 7) is 25.6. The Bertz CT molecular complexity index is 1330. The zero-order valence-electron chi connectivity index (χ0n) is 36.5. The van der Waals surface area contributed by atoms with Crippen LogP contribution in [0.15, 0.2) is 53.1 Å². The van der Waals surface area contributed by atoms with Crippen molar-refractivity contribution in [3.05, 3.63) is 70.7 Å². The molecule has 1 aliphatic heterocycles. The van der Waals surface area contributed by atoms with Crippen molar-refractivity contribution < 1.29 is 14.2 Å². The third-order valence-electron chi connectivity index (χ3n) is 11.6. The maximum Gasteiger partial charge on any atom is 0.119 e. The molecular formula is C48H78BNO3S2. The van der Waals surface area contributed by atoms with Gasteiger partial charge in [0.1, 0.15) is 5.75 Å². The molecule has 0 aromatic heterocycles. The molecule has 0 N–H and O–H groups in total. The molecule has 4 nitrogen and oxygen atoms in total. The van der Waals surface area contributed by atoms with Crippen LogP contribution in [0.2, 0.25) is 0 Å². The molecule has 3 unspecified atom stereocenters. The van der Waals surface area contributed by atoms with Crippen LogP contribution in [0.4, 0.5) is 0 Å². The maximum absolute atomic E-state index is 6.38. The van der Waals surface area contributed by atoms with E-state index >= 15 is 0 Å². The van der Waals surface area contributed by atoms with Crippen molar-refractivity contribution in [2.45, 2.75) is 158 Å². The molecule has 0 bridgehead atoms. The van der Waals surface area contributed by atoms with Crippen LogP contribution >= 0.6 is 21.6 Å². The van der Waals surface area contributed by atoms with E-state index in [1.165, 1.54) is 92.3 Å². The van der Waals surface area contributed by atoms with E-state index in [1.807, 2.05) is 21.6 Å². The van der Waals surface area contributed by atoms with E-state index in [9.17, 15) is 0 Å². The second-order valence-corrected chi connectivity index (χ2v) is 20.3. The van der Waals surface area contributed by atoms with Crippen LogP contribution in [-0.2, 0) is 22.4 Å². The first-order valence-corrected chi connectivity index (χ1v) is 24.5. The molecule has 1 aromatic carbocycles. The largest absolute Gasteiger partial charge is 0.493 e. The van der Waals surface area contributed by atoms with E-state index in [0.29, 0.717) is 5.92 Å². The molecule has 4 radical (unpaired) electrons. The topological polar surface area (TPSA) is 30.9 Å². The summed E-state index contributed by atoms with van der Waals surface area (Å²) in [5.41, 5.74) is 7.50. The van der Waals surface area contributed by atoms with Crippen molar-refractivity contribution in [2.75, 3.05) is 37.8 Å². The van der Waals surface area contributed by atoms with Gasteiger partial charge in [-0.05, 0) is 105 Å². The van der Waals surface area contributed by atoms with Crippen molar-refractivity contribution in [1.29, 1.82) is 0 Å². The lowest BCUT2D eigenvalue weighted by molar-refractivity contribution is -0.110. The third kappa shape index (κ3) is 17.7. The molecule has 0 saturated carbocycles. The van der Waals surface area contributed by atoms with E-state index in [1.54, 1.807) is 0 Å². The fourth-order valence-electron chi connectivity index (χ4n) is 8.19. The van der Waals surface area contributed by atoms with Gasteiger partial charge in [0.25, 0.3) is 0 Å². The van der Waals surface area contributed by atoms with Crippen molar-refractivity contribution in [1.82, 2.24) is 4.90 Å². The van der Waals surface area contributed by atoms with Crippen LogP contribution in [0.3, 0.4) is 0 Å². The van der Waals surface area contributed by atoms with Gasteiger partial charge in [-0.3, -0.25) is 4.90 Å². The summed E-state index contributed by atoms with van der Waals surface area (Å²) < 4.78 is 18.9. The van der Waals surface area contributed by atoms with Crippen molar-refractivity contribution in [2.24, 2.45) is 29.6 Å². The zero-order valence-corrected chi connectivity index (χ0v) is 38.1. The van der Waals surface area contributed by atoms with E-state index in [4.69, 9.17) is 14.2 Å². The van der Waals surface area contributed by atoms with E-state index in [-0.39, 0.29) is 26.7 Å². The average Bonchev–Trinajstić information content (AvgIpc) is 3.87. The lowest BCUT2D eigenvalue weighted by Crippen LogP contribution is -2.41. The van der Waals surface area contributed by atoms with E-state index in [2.05, 4.69) is 110 Å². The fraction of sp³-hybridized carbons (Fsp3) is 0.729. The number of allylic oxidation sites excluding steroid dienone is 4. The summed E-state index contributed by atoms with van der Waals surface area (Å²) in [6.07, 6.45) is 23.8. The van der Waals surface area contributed by atoms with Crippen LogP contribution in [0, 0.1) is 36.0 Å². The van der Waals surface area contributed by atoms with Gasteiger partial charge in [0.2, 0.25) is 0 Å². The molecule has 0 spiro atoms. The highest BCUT2D eigenvalue weighted by molar-refractivity contribution is 8.76. The normalized spacial score (nSPS) is 21.3. The highest BCUT2D eigenvalue weighted by Gasteiger charge is 2.45. The number of hydrogen-bond acceptors (Lipinski definition) is 6. The minimum Gasteiger partial charge on any atom is -0.493 e. The fourth-order valence-corrected chi connectivity index (χ4v) is 9.86. The van der Waals surface area contributed by atoms with Crippen LogP contribution in [-0.4, -0.2) is 69.4 Å². The van der Waals surface area contributed by atoms with Crippen LogP contribution < -0.4 is 4.74 Å². The predicted molar refractivity (Wildman–Crippen MR) is 243 cm³/mol. The highest BCUT2D eigenvalue weighted by Crippen LogP contribution is 2.49. The van der Waals surface area contributed by atoms with Gasteiger partial charge in [0.15, 0.2) is 0 Å². The van der Waals surface area contributed by atoms with Gasteiger partial charge in [-0.15, -0.1) is 0 Å². The number of ether oxygens (including phenoxy) is 3. The number of fused-ring (bicyclic) bond motifs is 1. The minimum absolute atomic E-state index is 0. The Morgan fingerprint density at radius 2 is 1.51 bits per heavy atom. The minimum atomic E-state index is 0. The summed E-state index contributed by atoms with van der Waals surface area (Å²) >= 11 is 0. The first kappa shape index (κ1) is 48.3. The number of benzene rings is 1. The van der Waals surface area contributed by atoms with Crippen LogP contribution in [0.1, 0.15) is 138 Å². The second-order valence-electron chi connectivity index (χ2n) is 17.6. The highest BCUT2D eigenvalue weighted by atomic mass is 33.1. The summed E-state index contributed by atoms with van der Waals surface area (Å²) in [5.74, 6) is 6.84. The Morgan fingerprint density at radius 3 is 2.11 bits per heavy atom. The lowest BCUT2D eigenvalue weighted by Gasteiger charge is -2.35. The molecule has 5 rings (SSSR count). The predicted octanol–water partition coefficient (Wildman–Crippen LogP) is 12.7. The Morgan fingerprint density at radius 1 is 0.836 bits per heavy atom. The summed E-state index contributed by atoms with van der Waals surface area (Å²) in [6, 6.07) is 6.79. The first-order valence-electron chi connectivity index (χ1n) is 22.0. The number of nitrogens with zero attached hydrogens (tertiary/aromatic N) is 1. The van der Waals surface area contributed by atoms with Gasteiger partial charge in [-0.25, -0.2) is 0 Å². The summed E-state index contributed by atoms with van der Waals surface area (Å²) in [4.78, 5) is 2.66. The van der Waals surface area contributed by atoms with Gasteiger partial charge in [0, 0.05) is 45.3 Å². The molecule has 1 heterocycles. The summed E-state index contributed by atoms with van der Waals surface area (Å²) in [7, 11) is 3.78. The molecule has 55 heavy (non-hydrogen) atoms. The average molecular weight is 792 g/mol. The Balaban J connectivity index is 0.000000911. The monoisotopic (exact) mass is 792 g/mol. The number of hydrogen-bond donors (Lipinski definition) is 0. The standard InChI is InChI=1S/C41H68NO3S2.C7H10.B/c1-8-38-39-27-36(39)28-40(41(38)45-31(4)5)44-23-25-47-46-24-22-43-37-18-17-35-29-42(21-19-34(35)26-37)20-11-16-33(7)15-10-14-32(6)13-9-12-30(2)3;1-6(2)7-4-3-5-7;/h17-18,26-27,30-33,38,40-41H,8-16,19-25,28-29H2,1-7H3;3-6H,1-2H3;/t32?,33?,38?,40-,41+;;/m0../s1. The van der Waals surface area contributed by atoms with Crippen molar-refractivity contribution in [3.63, 3.8) is 0 Å². The molecule has 0 fully saturated rings. The molecule has 7 heteroatoms. The molecule has 4 aliphatic rings. The maximum atomic E-state index is 6.38. The van der Waals surface area contributed by atoms with Crippen molar-refractivity contribution >= 4 is 30.0 Å². The van der Waals surface area contributed by atoms with Gasteiger partial charge in [-0.1, -0.05) is 144 Å². The van der Waals surface area contributed by atoms with Gasteiger partial charge < -0.3 is 14.2 Å². The molecular weight excluding hydrogens is 713 g/mol. The quantitative estimate of drug-likeness (QED) is 0.0557. The molecule has 308 valence electrons. The van der Waals surface area contributed by atoms with E-state index < -0.39 is 0 Å². The second kappa shape index (κ2) is 26.1. The molecule has 0 amide bonds. The SMILES string of the molecule is CC(C)C1=CC=C1.CCC1C2=C([CH]2)C[C@H](OCCSSCCOc2ccc3c(c2)CCN(CCCC(C)CCCC(C)CCCC(C)C)C3)[C@@H]1OC(C)C.[B]. The molecule has 0 saturated heterocycles. The molecule has 3 aliphatic carbocycles. The smallest absolute Gasteiger partial charge is 0.119 e. The number of rotatable bonds is 25. The summed E-state index contributed by atoms with van der Waals surface area (Å²) in [5, 5.41) is 0. The van der Waals surface area contributed by atoms with Gasteiger partial charge in [0.05, 0.1) is 31.5 Å². The lowest BCUT2D eigenvalue weighted by atomic mass is 9.87. The first-order chi connectivity index (χ1) is 26.0. The van der Waals surface area contributed by atoms with Crippen LogP contribution in [0.5, 0.6) is 5.75 Å². The van der Waals surface area contributed by atoms with Crippen LogP contribution in [0.25, 0.3) is 0 Å². The van der Waals surface area contributed by atoms with Crippen molar-refractivity contribution in [3.8, 4) is 5.75 Å². The Labute approximate surface area is 349 Å². The van der Waals surface area contributed by atoms with Gasteiger partial charge in [-0.2, -0.15) is 0 Å².